The number of hydrogen-bond donors (Lipinski definition) is 2. The molecule has 4 nitrogen and oxygen atoms in total. The molecule has 5 rings (SSSR count). The summed E-state index contributed by atoms with van der Waals surface area (Å²) in [5.41, 5.74) is 4.25. The number of nitrogens with one attached hydrogen (secondary N) is 2. The third kappa shape index (κ3) is 4.73. The first-order valence-corrected chi connectivity index (χ1v) is 12.5. The maximum atomic E-state index is 12.8. The van der Waals surface area contributed by atoms with Crippen molar-refractivity contribution >= 4 is 23.6 Å². The first-order chi connectivity index (χ1) is 17.2. The van der Waals surface area contributed by atoms with E-state index in [4.69, 9.17) is 0 Å². The van der Waals surface area contributed by atoms with Gasteiger partial charge in [-0.25, -0.2) is 0 Å². The highest BCUT2D eigenvalue weighted by molar-refractivity contribution is 8.01. The van der Waals surface area contributed by atoms with Crippen molar-refractivity contribution in [1.82, 2.24) is 10.6 Å². The zero-order chi connectivity index (χ0) is 24.1. The van der Waals surface area contributed by atoms with Crippen LogP contribution >= 0.6 is 11.8 Å². The molecule has 0 bridgehead atoms. The minimum atomic E-state index is -0.605. The SMILES string of the molecule is O=C(Cc1ccccc1)N[C@@H]1C(=O)N[C@@H]1SC(c1ccccc1)(c1ccccc1)c1ccccc1. The summed E-state index contributed by atoms with van der Waals surface area (Å²) in [6, 6.07) is 39.9. The van der Waals surface area contributed by atoms with Gasteiger partial charge in [-0.05, 0) is 22.3 Å². The summed E-state index contributed by atoms with van der Waals surface area (Å²) in [4.78, 5) is 25.4. The zero-order valence-corrected chi connectivity index (χ0v) is 20.0. The van der Waals surface area contributed by atoms with Gasteiger partial charge in [-0.2, -0.15) is 0 Å². The van der Waals surface area contributed by atoms with Crippen LogP contribution in [0.3, 0.4) is 0 Å². The Kier molecular flexibility index (Phi) is 6.68. The van der Waals surface area contributed by atoms with Gasteiger partial charge < -0.3 is 10.6 Å². The molecule has 1 heterocycles. The normalized spacial score (nSPS) is 17.2. The van der Waals surface area contributed by atoms with Gasteiger partial charge in [-0.3, -0.25) is 9.59 Å². The van der Waals surface area contributed by atoms with Crippen LogP contribution in [0.1, 0.15) is 22.3 Å². The Bertz CT molecular complexity index is 1180. The molecule has 174 valence electrons. The number of rotatable bonds is 8. The largest absolute Gasteiger partial charge is 0.341 e. The fourth-order valence-corrected chi connectivity index (χ4v) is 6.21. The molecule has 1 aliphatic rings. The highest BCUT2D eigenvalue weighted by Crippen LogP contribution is 2.51. The van der Waals surface area contributed by atoms with E-state index in [1.54, 1.807) is 11.8 Å². The molecule has 2 N–H and O–H groups in total. The number of hydrogen-bond acceptors (Lipinski definition) is 3. The van der Waals surface area contributed by atoms with Crippen LogP contribution in [0.4, 0.5) is 0 Å². The average Bonchev–Trinajstić information content (AvgIpc) is 2.92. The van der Waals surface area contributed by atoms with Crippen molar-refractivity contribution in [2.24, 2.45) is 0 Å². The standard InChI is InChI=1S/C30H26N2O2S/c33-26(21-22-13-5-1-6-14-22)31-27-28(34)32-29(27)35-30(23-15-7-2-8-16-23,24-17-9-3-10-18-24)25-19-11-4-12-20-25/h1-20,27,29H,21H2,(H,31,33)(H,32,34)/t27-,29-/m1/s1. The fraction of sp³-hybridized carbons (Fsp3) is 0.133. The third-order valence-electron chi connectivity index (χ3n) is 6.24. The van der Waals surface area contributed by atoms with E-state index in [0.717, 1.165) is 22.3 Å². The van der Waals surface area contributed by atoms with E-state index in [0.29, 0.717) is 0 Å². The lowest BCUT2D eigenvalue weighted by molar-refractivity contribution is -0.134. The number of thioether (sulfide) groups is 1. The smallest absolute Gasteiger partial charge is 0.246 e. The quantitative estimate of drug-likeness (QED) is 0.280. The lowest BCUT2D eigenvalue weighted by Crippen LogP contribution is -2.68. The van der Waals surface area contributed by atoms with Crippen LogP contribution < -0.4 is 10.6 Å². The van der Waals surface area contributed by atoms with Gasteiger partial charge in [0.15, 0.2) is 0 Å². The Labute approximate surface area is 209 Å². The number of amides is 2. The van der Waals surface area contributed by atoms with Gasteiger partial charge in [-0.15, -0.1) is 11.8 Å². The monoisotopic (exact) mass is 478 g/mol. The summed E-state index contributed by atoms with van der Waals surface area (Å²) in [5, 5.41) is 5.72. The van der Waals surface area contributed by atoms with E-state index in [1.807, 2.05) is 84.9 Å². The first-order valence-electron chi connectivity index (χ1n) is 11.6. The van der Waals surface area contributed by atoms with Gasteiger partial charge in [0, 0.05) is 0 Å². The highest BCUT2D eigenvalue weighted by Gasteiger charge is 2.48. The molecule has 0 aromatic heterocycles. The molecule has 0 spiro atoms. The lowest BCUT2D eigenvalue weighted by atomic mass is 9.84. The van der Waals surface area contributed by atoms with Gasteiger partial charge >= 0.3 is 0 Å². The van der Waals surface area contributed by atoms with E-state index in [9.17, 15) is 9.59 Å². The van der Waals surface area contributed by atoms with Crippen molar-refractivity contribution in [2.45, 2.75) is 22.6 Å². The zero-order valence-electron chi connectivity index (χ0n) is 19.1. The molecule has 0 saturated carbocycles. The second-order valence-corrected chi connectivity index (χ2v) is 9.89. The van der Waals surface area contributed by atoms with E-state index in [-0.39, 0.29) is 23.6 Å². The molecular formula is C30H26N2O2S. The highest BCUT2D eigenvalue weighted by atomic mass is 32.2. The summed E-state index contributed by atoms with van der Waals surface area (Å²) in [7, 11) is 0. The second-order valence-electron chi connectivity index (χ2n) is 8.53. The number of β-lactam (4-membered cyclic amide) rings is 1. The van der Waals surface area contributed by atoms with Gasteiger partial charge in [0.05, 0.1) is 11.2 Å². The number of benzene rings is 4. The van der Waals surface area contributed by atoms with Gasteiger partial charge in [0.25, 0.3) is 0 Å². The van der Waals surface area contributed by atoms with Gasteiger partial charge in [0.2, 0.25) is 11.8 Å². The Morgan fingerprint density at radius 2 is 1.14 bits per heavy atom. The molecular weight excluding hydrogens is 452 g/mol. The third-order valence-corrected chi connectivity index (χ3v) is 7.94. The maximum Gasteiger partial charge on any atom is 0.246 e. The van der Waals surface area contributed by atoms with E-state index < -0.39 is 10.8 Å². The van der Waals surface area contributed by atoms with E-state index in [2.05, 4.69) is 47.0 Å². The predicted octanol–water partition coefficient (Wildman–Crippen LogP) is 4.90. The van der Waals surface area contributed by atoms with Crippen molar-refractivity contribution in [3.05, 3.63) is 144 Å². The Morgan fingerprint density at radius 3 is 1.57 bits per heavy atom. The number of carbonyl (C=O) groups is 2. The first kappa shape index (κ1) is 22.9. The van der Waals surface area contributed by atoms with Crippen LogP contribution in [0.15, 0.2) is 121 Å². The minimum absolute atomic E-state index is 0.160. The Hall–Kier alpha value is -3.83. The van der Waals surface area contributed by atoms with Crippen molar-refractivity contribution in [3.63, 3.8) is 0 Å². The molecule has 1 aliphatic heterocycles. The molecule has 5 heteroatoms. The van der Waals surface area contributed by atoms with Crippen LogP contribution in [0.25, 0.3) is 0 Å². The predicted molar refractivity (Wildman–Crippen MR) is 141 cm³/mol. The summed E-state index contributed by atoms with van der Waals surface area (Å²) in [5.74, 6) is -0.321. The lowest BCUT2D eigenvalue weighted by Gasteiger charge is -2.44. The maximum absolute atomic E-state index is 12.8. The molecule has 1 saturated heterocycles. The topological polar surface area (TPSA) is 58.2 Å². The van der Waals surface area contributed by atoms with Crippen LogP contribution in [-0.2, 0) is 20.8 Å². The Morgan fingerprint density at radius 1 is 0.714 bits per heavy atom. The molecule has 0 radical (unpaired) electrons. The van der Waals surface area contributed by atoms with Crippen LogP contribution in [0, 0.1) is 0 Å². The second kappa shape index (κ2) is 10.2. The molecule has 35 heavy (non-hydrogen) atoms. The van der Waals surface area contributed by atoms with Crippen molar-refractivity contribution in [1.29, 1.82) is 0 Å². The average molecular weight is 479 g/mol. The van der Waals surface area contributed by atoms with Crippen molar-refractivity contribution < 1.29 is 9.59 Å². The molecule has 0 unspecified atom stereocenters. The summed E-state index contributed by atoms with van der Waals surface area (Å²) in [6.07, 6.45) is 0.239. The summed E-state index contributed by atoms with van der Waals surface area (Å²) < 4.78 is -0.579. The van der Waals surface area contributed by atoms with Crippen LogP contribution in [-0.4, -0.2) is 23.2 Å². The van der Waals surface area contributed by atoms with Gasteiger partial charge in [-0.1, -0.05) is 121 Å². The molecule has 2 atom stereocenters. The number of carbonyl (C=O) groups excluding carboxylic acids is 2. The fourth-order valence-electron chi connectivity index (χ4n) is 4.51. The molecule has 1 fully saturated rings. The molecule has 2 amide bonds. The minimum Gasteiger partial charge on any atom is -0.341 e. The van der Waals surface area contributed by atoms with E-state index in [1.165, 1.54) is 0 Å². The molecule has 0 aliphatic carbocycles. The van der Waals surface area contributed by atoms with Crippen LogP contribution in [0.5, 0.6) is 0 Å². The van der Waals surface area contributed by atoms with E-state index >= 15 is 0 Å². The summed E-state index contributed by atoms with van der Waals surface area (Å²) >= 11 is 1.65. The van der Waals surface area contributed by atoms with Crippen molar-refractivity contribution in [3.8, 4) is 0 Å². The Balaban J connectivity index is 1.49. The molecule has 4 aromatic rings. The van der Waals surface area contributed by atoms with Crippen LogP contribution in [0.2, 0.25) is 0 Å². The summed E-state index contributed by atoms with van der Waals surface area (Å²) in [6.45, 7) is 0. The van der Waals surface area contributed by atoms with Gasteiger partial charge in [0.1, 0.15) is 11.4 Å². The van der Waals surface area contributed by atoms with Crippen molar-refractivity contribution in [2.75, 3.05) is 0 Å². The molecule has 4 aromatic carbocycles.